The van der Waals surface area contributed by atoms with Gasteiger partial charge in [-0.2, -0.15) is 0 Å². The maximum Gasteiger partial charge on any atom is 0.268 e. The van der Waals surface area contributed by atoms with E-state index in [1.54, 1.807) is 30.6 Å². The lowest BCUT2D eigenvalue weighted by Crippen LogP contribution is -2.43. The third-order valence-corrected chi connectivity index (χ3v) is 4.57. The summed E-state index contributed by atoms with van der Waals surface area (Å²) >= 11 is 0. The van der Waals surface area contributed by atoms with Crippen LogP contribution >= 0.6 is 0 Å². The first-order chi connectivity index (χ1) is 12.0. The second-order valence-corrected chi connectivity index (χ2v) is 6.90. The van der Waals surface area contributed by atoms with E-state index in [9.17, 15) is 9.59 Å². The van der Waals surface area contributed by atoms with Gasteiger partial charge in [-0.3, -0.25) is 14.6 Å². The molecule has 0 unspecified atom stereocenters. The SMILES string of the molecule is CC1(C)CNC(=O)c2[nH]c3ccc(C(=O)Nc4cccnc4)cc3c21. The van der Waals surface area contributed by atoms with Crippen molar-refractivity contribution < 1.29 is 9.59 Å². The molecule has 0 aliphatic carbocycles. The summed E-state index contributed by atoms with van der Waals surface area (Å²) in [6.45, 7) is 4.74. The van der Waals surface area contributed by atoms with Crippen LogP contribution in [0.2, 0.25) is 0 Å². The highest BCUT2D eigenvalue weighted by Gasteiger charge is 2.35. The topological polar surface area (TPSA) is 86.9 Å². The Morgan fingerprint density at radius 1 is 1.28 bits per heavy atom. The molecule has 3 N–H and O–H groups in total. The minimum atomic E-state index is -0.208. The molecule has 0 radical (unpaired) electrons. The first-order valence-electron chi connectivity index (χ1n) is 8.11. The van der Waals surface area contributed by atoms with Gasteiger partial charge in [0.2, 0.25) is 0 Å². The Balaban J connectivity index is 1.78. The van der Waals surface area contributed by atoms with Crippen molar-refractivity contribution in [3.05, 3.63) is 59.5 Å². The smallest absolute Gasteiger partial charge is 0.268 e. The van der Waals surface area contributed by atoms with Gasteiger partial charge in [0.25, 0.3) is 11.8 Å². The van der Waals surface area contributed by atoms with Crippen molar-refractivity contribution in [3.8, 4) is 0 Å². The summed E-state index contributed by atoms with van der Waals surface area (Å²) in [5.74, 6) is -0.310. The summed E-state index contributed by atoms with van der Waals surface area (Å²) in [5.41, 5.74) is 3.37. The maximum absolute atomic E-state index is 12.5. The van der Waals surface area contributed by atoms with Crippen molar-refractivity contribution in [2.45, 2.75) is 19.3 Å². The molecule has 0 bridgehead atoms. The molecule has 0 atom stereocenters. The van der Waals surface area contributed by atoms with Crippen molar-refractivity contribution in [1.29, 1.82) is 0 Å². The number of amides is 2. The van der Waals surface area contributed by atoms with Gasteiger partial charge >= 0.3 is 0 Å². The molecule has 1 aromatic carbocycles. The molecule has 0 fully saturated rings. The van der Waals surface area contributed by atoms with Crippen LogP contribution in [0.25, 0.3) is 10.9 Å². The number of anilines is 1. The van der Waals surface area contributed by atoms with E-state index in [1.807, 2.05) is 12.1 Å². The van der Waals surface area contributed by atoms with Gasteiger partial charge in [0, 0.05) is 34.6 Å². The lowest BCUT2D eigenvalue weighted by atomic mass is 9.80. The number of carbonyl (C=O) groups is 2. The van der Waals surface area contributed by atoms with Crippen LogP contribution in [0.3, 0.4) is 0 Å². The fraction of sp³-hybridized carbons (Fsp3) is 0.211. The number of H-pyrrole nitrogens is 1. The molecule has 2 amide bonds. The number of nitrogens with zero attached hydrogens (tertiary/aromatic N) is 1. The van der Waals surface area contributed by atoms with E-state index < -0.39 is 0 Å². The minimum Gasteiger partial charge on any atom is -0.350 e. The number of benzene rings is 1. The molecule has 2 aromatic heterocycles. The number of aromatic amines is 1. The van der Waals surface area contributed by atoms with Crippen LogP contribution in [0.4, 0.5) is 5.69 Å². The van der Waals surface area contributed by atoms with Crippen LogP contribution in [0.15, 0.2) is 42.7 Å². The molecule has 0 spiro atoms. The molecule has 0 saturated carbocycles. The zero-order valence-corrected chi connectivity index (χ0v) is 14.0. The van der Waals surface area contributed by atoms with E-state index in [-0.39, 0.29) is 17.2 Å². The Bertz CT molecular complexity index is 989. The Morgan fingerprint density at radius 3 is 2.88 bits per heavy atom. The highest BCUT2D eigenvalue weighted by molar-refractivity contribution is 6.08. The zero-order chi connectivity index (χ0) is 17.6. The molecular formula is C19H18N4O2. The fourth-order valence-electron chi connectivity index (χ4n) is 3.32. The molecule has 3 aromatic rings. The average Bonchev–Trinajstić information content (AvgIpc) is 3.00. The van der Waals surface area contributed by atoms with Gasteiger partial charge in [-0.15, -0.1) is 0 Å². The summed E-state index contributed by atoms with van der Waals surface area (Å²) < 4.78 is 0. The van der Waals surface area contributed by atoms with Crippen molar-refractivity contribution in [2.24, 2.45) is 0 Å². The van der Waals surface area contributed by atoms with Crippen LogP contribution < -0.4 is 10.6 Å². The van der Waals surface area contributed by atoms with E-state index in [0.717, 1.165) is 16.5 Å². The number of hydrogen-bond donors (Lipinski definition) is 3. The quantitative estimate of drug-likeness (QED) is 0.673. The number of fused-ring (bicyclic) bond motifs is 3. The fourth-order valence-corrected chi connectivity index (χ4v) is 3.32. The van der Waals surface area contributed by atoms with Crippen molar-refractivity contribution in [2.75, 3.05) is 11.9 Å². The summed E-state index contributed by atoms with van der Waals surface area (Å²) in [6.07, 6.45) is 3.25. The third kappa shape index (κ3) is 2.55. The minimum absolute atomic E-state index is 0.105. The van der Waals surface area contributed by atoms with Crippen LogP contribution in [0.1, 0.15) is 40.3 Å². The second kappa shape index (κ2) is 5.44. The molecule has 6 nitrogen and oxygen atoms in total. The summed E-state index contributed by atoms with van der Waals surface area (Å²) in [6, 6.07) is 8.99. The number of pyridine rings is 1. The number of rotatable bonds is 2. The summed E-state index contributed by atoms with van der Waals surface area (Å²) in [4.78, 5) is 31.9. The monoisotopic (exact) mass is 334 g/mol. The molecule has 6 heteroatoms. The predicted octanol–water partition coefficient (Wildman–Crippen LogP) is 2.84. The number of carbonyl (C=O) groups excluding carboxylic acids is 2. The lowest BCUT2D eigenvalue weighted by molar-refractivity contribution is 0.0925. The highest BCUT2D eigenvalue weighted by atomic mass is 16.2. The first kappa shape index (κ1) is 15.4. The highest BCUT2D eigenvalue weighted by Crippen LogP contribution is 2.36. The van der Waals surface area contributed by atoms with E-state index >= 15 is 0 Å². The molecule has 4 rings (SSSR count). The van der Waals surface area contributed by atoms with Crippen LogP contribution in [0.5, 0.6) is 0 Å². The van der Waals surface area contributed by atoms with Gasteiger partial charge in [-0.25, -0.2) is 0 Å². The maximum atomic E-state index is 12.5. The Hall–Kier alpha value is -3.15. The number of aromatic nitrogens is 2. The van der Waals surface area contributed by atoms with E-state index in [2.05, 4.69) is 34.4 Å². The van der Waals surface area contributed by atoms with Crippen molar-refractivity contribution >= 4 is 28.4 Å². The van der Waals surface area contributed by atoms with Crippen molar-refractivity contribution in [1.82, 2.24) is 15.3 Å². The molecular weight excluding hydrogens is 316 g/mol. The number of nitrogens with one attached hydrogen (secondary N) is 3. The van der Waals surface area contributed by atoms with Crippen molar-refractivity contribution in [3.63, 3.8) is 0 Å². The molecule has 1 aliphatic heterocycles. The Morgan fingerprint density at radius 2 is 2.12 bits per heavy atom. The molecule has 126 valence electrons. The van der Waals surface area contributed by atoms with Crippen LogP contribution in [0, 0.1) is 0 Å². The molecule has 25 heavy (non-hydrogen) atoms. The van der Waals surface area contributed by atoms with Gasteiger partial charge in [-0.05, 0) is 35.9 Å². The van der Waals surface area contributed by atoms with Gasteiger partial charge in [0.1, 0.15) is 5.69 Å². The van der Waals surface area contributed by atoms with Crippen LogP contribution in [-0.4, -0.2) is 28.3 Å². The predicted molar refractivity (Wildman–Crippen MR) is 95.8 cm³/mol. The van der Waals surface area contributed by atoms with E-state index in [0.29, 0.717) is 23.5 Å². The van der Waals surface area contributed by atoms with E-state index in [1.165, 1.54) is 0 Å². The summed E-state index contributed by atoms with van der Waals surface area (Å²) in [7, 11) is 0. The van der Waals surface area contributed by atoms with Crippen LogP contribution in [-0.2, 0) is 5.41 Å². The number of hydrogen-bond acceptors (Lipinski definition) is 3. The summed E-state index contributed by atoms with van der Waals surface area (Å²) in [5, 5.41) is 6.65. The average molecular weight is 334 g/mol. The van der Waals surface area contributed by atoms with E-state index in [4.69, 9.17) is 0 Å². The van der Waals surface area contributed by atoms with Gasteiger partial charge in [0.05, 0.1) is 11.9 Å². The first-order valence-corrected chi connectivity index (χ1v) is 8.11. The normalized spacial score (nSPS) is 15.5. The largest absolute Gasteiger partial charge is 0.350 e. The Labute approximate surface area is 144 Å². The standard InChI is InChI=1S/C19H18N4O2/c1-19(2)10-21-18(25)16-15(19)13-8-11(5-6-14(13)23-16)17(24)22-12-4-3-7-20-9-12/h3-9,23H,10H2,1-2H3,(H,21,25)(H,22,24). The zero-order valence-electron chi connectivity index (χ0n) is 14.0. The lowest BCUT2D eigenvalue weighted by Gasteiger charge is -2.30. The van der Waals surface area contributed by atoms with Gasteiger partial charge < -0.3 is 15.6 Å². The molecule has 0 saturated heterocycles. The molecule has 1 aliphatic rings. The van der Waals surface area contributed by atoms with Gasteiger partial charge in [-0.1, -0.05) is 13.8 Å². The second-order valence-electron chi connectivity index (χ2n) is 6.90. The molecule has 3 heterocycles. The van der Waals surface area contributed by atoms with Gasteiger partial charge in [0.15, 0.2) is 0 Å². The third-order valence-electron chi connectivity index (χ3n) is 4.57. The Kier molecular flexibility index (Phi) is 3.35.